The maximum absolute atomic E-state index is 14.1. The highest BCUT2D eigenvalue weighted by atomic mass is 32.2. The molecule has 0 aliphatic carbocycles. The number of carbonyl (C=O) groups is 2. The molecule has 244 valence electrons. The quantitative estimate of drug-likeness (QED) is 0.395. The van der Waals surface area contributed by atoms with E-state index in [1.807, 2.05) is 13.8 Å². The summed E-state index contributed by atoms with van der Waals surface area (Å²) in [5, 5.41) is 13.0. The Hall–Kier alpha value is -3.55. The van der Waals surface area contributed by atoms with Crippen molar-refractivity contribution in [3.05, 3.63) is 48.0 Å². The summed E-state index contributed by atoms with van der Waals surface area (Å²) in [4.78, 5) is 30.2. The standard InChI is InChI=1S/C31H46N4O8S/c1-21-18-35(22(2)20-36)30(37)27-17-25(33-44(6,39)40)12-15-28(27)43-23(3)9-7-8-16-42-29(21)19-34(4)31(38)32-24-10-13-26(41-5)14-11-24/h10-15,17,21-23,29,33,36H,7-9,16,18-20H2,1-6H3,(H,32,38)/t21-,22+,23-,29-/m1/s1. The Balaban J connectivity index is 1.88. The minimum atomic E-state index is -3.59. The van der Waals surface area contributed by atoms with Gasteiger partial charge in [0.05, 0.1) is 43.8 Å². The molecule has 2 aromatic rings. The van der Waals surface area contributed by atoms with Gasteiger partial charge in [0.25, 0.3) is 5.91 Å². The van der Waals surface area contributed by atoms with Crippen molar-refractivity contribution < 1.29 is 37.3 Å². The van der Waals surface area contributed by atoms with Crippen LogP contribution in [-0.4, -0.2) is 100 Å². The van der Waals surface area contributed by atoms with Crippen molar-refractivity contribution in [2.24, 2.45) is 5.92 Å². The van der Waals surface area contributed by atoms with Crippen LogP contribution in [0.4, 0.5) is 16.2 Å². The van der Waals surface area contributed by atoms with Gasteiger partial charge in [0.2, 0.25) is 10.0 Å². The molecule has 0 spiro atoms. The second-order valence-corrected chi connectivity index (χ2v) is 13.2. The SMILES string of the molecule is COc1ccc(NC(=O)N(C)C[C@H]2OCCCC[C@@H](C)Oc3ccc(NS(C)(=O)=O)cc3C(=O)N([C@@H](C)CO)C[C@H]2C)cc1. The van der Waals surface area contributed by atoms with E-state index in [4.69, 9.17) is 14.2 Å². The van der Waals surface area contributed by atoms with E-state index in [9.17, 15) is 23.1 Å². The number of amides is 3. The molecular formula is C31H46N4O8S. The molecule has 3 amide bonds. The molecule has 1 aliphatic rings. The fourth-order valence-corrected chi connectivity index (χ4v) is 5.46. The number of ether oxygens (including phenoxy) is 3. The molecule has 3 N–H and O–H groups in total. The lowest BCUT2D eigenvalue weighted by Gasteiger charge is -2.35. The monoisotopic (exact) mass is 634 g/mol. The molecule has 0 radical (unpaired) electrons. The highest BCUT2D eigenvalue weighted by Gasteiger charge is 2.31. The van der Waals surface area contributed by atoms with Crippen molar-refractivity contribution >= 4 is 33.3 Å². The van der Waals surface area contributed by atoms with E-state index in [2.05, 4.69) is 10.0 Å². The number of aliphatic hydroxyl groups excluding tert-OH is 1. The molecule has 0 aromatic heterocycles. The summed E-state index contributed by atoms with van der Waals surface area (Å²) in [5.74, 6) is 0.358. The van der Waals surface area contributed by atoms with Gasteiger partial charge in [-0.1, -0.05) is 6.92 Å². The van der Waals surface area contributed by atoms with Crippen LogP contribution >= 0.6 is 0 Å². The predicted molar refractivity (Wildman–Crippen MR) is 170 cm³/mol. The number of anilines is 2. The van der Waals surface area contributed by atoms with Crippen molar-refractivity contribution in [3.63, 3.8) is 0 Å². The molecule has 1 heterocycles. The van der Waals surface area contributed by atoms with E-state index in [0.29, 0.717) is 30.2 Å². The number of hydrogen-bond donors (Lipinski definition) is 3. The Bertz CT molecular complexity index is 1350. The van der Waals surface area contributed by atoms with Crippen LogP contribution in [0.5, 0.6) is 11.5 Å². The number of rotatable bonds is 8. The van der Waals surface area contributed by atoms with Crippen LogP contribution in [0.2, 0.25) is 0 Å². The zero-order valence-corrected chi connectivity index (χ0v) is 27.2. The van der Waals surface area contributed by atoms with Crippen molar-refractivity contribution in [2.45, 2.75) is 58.3 Å². The molecule has 0 saturated carbocycles. The fraction of sp³-hybridized carbons (Fsp3) is 0.548. The molecule has 4 atom stereocenters. The zero-order valence-electron chi connectivity index (χ0n) is 26.4. The topological polar surface area (TPSA) is 147 Å². The Morgan fingerprint density at radius 2 is 1.84 bits per heavy atom. The first-order chi connectivity index (χ1) is 20.8. The summed E-state index contributed by atoms with van der Waals surface area (Å²) in [7, 11) is -0.328. The zero-order chi connectivity index (χ0) is 32.4. The number of fused-ring (bicyclic) bond motifs is 1. The predicted octanol–water partition coefficient (Wildman–Crippen LogP) is 4.03. The molecule has 2 aromatic carbocycles. The van der Waals surface area contributed by atoms with Crippen LogP contribution in [-0.2, 0) is 14.8 Å². The molecule has 0 unspecified atom stereocenters. The van der Waals surface area contributed by atoms with Crippen molar-refractivity contribution in [1.82, 2.24) is 9.80 Å². The molecule has 12 nitrogen and oxygen atoms in total. The van der Waals surface area contributed by atoms with E-state index in [1.54, 1.807) is 67.3 Å². The van der Waals surface area contributed by atoms with Gasteiger partial charge < -0.3 is 34.4 Å². The number of hydrogen-bond acceptors (Lipinski definition) is 8. The van der Waals surface area contributed by atoms with Crippen molar-refractivity contribution in [2.75, 3.05) is 56.8 Å². The summed E-state index contributed by atoms with van der Waals surface area (Å²) in [5.41, 5.74) is 1.03. The highest BCUT2D eigenvalue weighted by molar-refractivity contribution is 7.92. The average Bonchev–Trinajstić information content (AvgIpc) is 2.98. The maximum atomic E-state index is 14.1. The van der Waals surface area contributed by atoms with Gasteiger partial charge in [0, 0.05) is 44.0 Å². The summed E-state index contributed by atoms with van der Waals surface area (Å²) in [6.07, 6.45) is 2.71. The molecule has 1 aliphatic heterocycles. The van der Waals surface area contributed by atoms with Crippen LogP contribution in [0.15, 0.2) is 42.5 Å². The summed E-state index contributed by atoms with van der Waals surface area (Å²) < 4.78 is 43.9. The van der Waals surface area contributed by atoms with E-state index >= 15 is 0 Å². The molecule has 0 saturated heterocycles. The first-order valence-corrected chi connectivity index (χ1v) is 16.7. The van der Waals surface area contributed by atoms with Gasteiger partial charge in [0.1, 0.15) is 11.5 Å². The van der Waals surface area contributed by atoms with Crippen molar-refractivity contribution in [3.8, 4) is 11.5 Å². The van der Waals surface area contributed by atoms with Crippen LogP contribution < -0.4 is 19.5 Å². The molecule has 3 rings (SSSR count). The Labute approximate surface area is 260 Å². The molecule has 0 fully saturated rings. The smallest absolute Gasteiger partial charge is 0.321 e. The molecule has 13 heteroatoms. The van der Waals surface area contributed by atoms with Gasteiger partial charge in [-0.25, -0.2) is 13.2 Å². The van der Waals surface area contributed by atoms with Gasteiger partial charge in [-0.3, -0.25) is 9.52 Å². The molecule has 44 heavy (non-hydrogen) atoms. The second-order valence-electron chi connectivity index (χ2n) is 11.4. The fourth-order valence-electron chi connectivity index (χ4n) is 4.91. The lowest BCUT2D eigenvalue weighted by Crippen LogP contribution is -2.48. The van der Waals surface area contributed by atoms with Gasteiger partial charge in [0.15, 0.2) is 0 Å². The lowest BCUT2D eigenvalue weighted by molar-refractivity contribution is -0.0115. The third-order valence-corrected chi connectivity index (χ3v) is 8.10. The third kappa shape index (κ3) is 10.3. The second kappa shape index (κ2) is 16.0. The van der Waals surface area contributed by atoms with Gasteiger partial charge >= 0.3 is 6.03 Å². The lowest BCUT2D eigenvalue weighted by atomic mass is 10.0. The minimum absolute atomic E-state index is 0.184. The highest BCUT2D eigenvalue weighted by Crippen LogP contribution is 2.29. The van der Waals surface area contributed by atoms with E-state index in [0.717, 1.165) is 19.1 Å². The number of nitrogens with one attached hydrogen (secondary N) is 2. The Morgan fingerprint density at radius 3 is 2.48 bits per heavy atom. The van der Waals surface area contributed by atoms with Crippen LogP contribution in [0, 0.1) is 5.92 Å². The Kier molecular flexibility index (Phi) is 12.7. The number of urea groups is 1. The van der Waals surface area contributed by atoms with Crippen LogP contribution in [0.1, 0.15) is 50.4 Å². The summed E-state index contributed by atoms with van der Waals surface area (Å²) in [6, 6.07) is 10.8. The number of likely N-dealkylation sites (N-methyl/N-ethyl adjacent to an activating group) is 1. The minimum Gasteiger partial charge on any atom is -0.497 e. The number of aliphatic hydroxyl groups is 1. The normalized spacial score (nSPS) is 20.8. The van der Waals surface area contributed by atoms with Gasteiger partial charge in [-0.05, 0) is 75.6 Å². The average molecular weight is 635 g/mol. The van der Waals surface area contributed by atoms with E-state index in [1.165, 1.54) is 6.07 Å². The first kappa shape index (κ1) is 34.9. The van der Waals surface area contributed by atoms with Gasteiger partial charge in [-0.2, -0.15) is 0 Å². The number of methoxy groups -OCH3 is 1. The largest absolute Gasteiger partial charge is 0.497 e. The molecular weight excluding hydrogens is 588 g/mol. The van der Waals surface area contributed by atoms with Crippen molar-refractivity contribution in [1.29, 1.82) is 0 Å². The maximum Gasteiger partial charge on any atom is 0.321 e. The third-order valence-electron chi connectivity index (χ3n) is 7.50. The first-order valence-electron chi connectivity index (χ1n) is 14.8. The number of benzene rings is 2. The number of carbonyl (C=O) groups excluding carboxylic acids is 2. The van der Waals surface area contributed by atoms with Crippen LogP contribution in [0.25, 0.3) is 0 Å². The summed E-state index contributed by atoms with van der Waals surface area (Å²) in [6.45, 7) is 6.24. The van der Waals surface area contributed by atoms with Gasteiger partial charge in [-0.15, -0.1) is 0 Å². The van der Waals surface area contributed by atoms with Crippen LogP contribution in [0.3, 0.4) is 0 Å². The number of nitrogens with zero attached hydrogens (tertiary/aromatic N) is 2. The summed E-state index contributed by atoms with van der Waals surface area (Å²) >= 11 is 0. The molecule has 0 bridgehead atoms. The Morgan fingerprint density at radius 1 is 1.16 bits per heavy atom. The van der Waals surface area contributed by atoms with E-state index < -0.39 is 28.1 Å². The van der Waals surface area contributed by atoms with E-state index in [-0.39, 0.29) is 49.0 Å². The number of sulfonamides is 1.